The average Bonchev–Trinajstić information content (AvgIpc) is 2.37. The van der Waals surface area contributed by atoms with E-state index in [0.29, 0.717) is 17.5 Å². The number of carbonyl (C=O) groups is 1. The highest BCUT2D eigenvalue weighted by Gasteiger charge is 2.22. The number of carbonyl (C=O) groups excluding carboxylic acids is 1. The normalized spacial score (nSPS) is 9.74. The van der Waals surface area contributed by atoms with Crippen LogP contribution >= 0.6 is 0 Å². The Kier molecular flexibility index (Phi) is 5.01. The fraction of sp³-hybridized carbons (Fsp3) is 0.385. The highest BCUT2D eigenvalue weighted by molar-refractivity contribution is 5.75. The van der Waals surface area contributed by atoms with Crippen LogP contribution in [-0.4, -0.2) is 17.5 Å². The molecule has 0 aliphatic heterocycles. The predicted molar refractivity (Wildman–Crippen MR) is 67.5 cm³/mol. The third-order valence-electron chi connectivity index (χ3n) is 2.70. The first-order chi connectivity index (χ1) is 9.04. The van der Waals surface area contributed by atoms with Crippen LogP contribution in [0.1, 0.15) is 30.5 Å². The third-order valence-corrected chi connectivity index (χ3v) is 2.70. The standard InChI is InChI=1S/C13H14N2O4/c1-3-10-9(8-14)5-6-12(15(17)18)11(10)7-13(16)19-4-2/h5-6H,3-4,7H2,1-2H3. The number of hydrogen-bond donors (Lipinski definition) is 0. The summed E-state index contributed by atoms with van der Waals surface area (Å²) < 4.78 is 4.81. The minimum absolute atomic E-state index is 0.149. The van der Waals surface area contributed by atoms with E-state index in [-0.39, 0.29) is 24.3 Å². The van der Waals surface area contributed by atoms with E-state index < -0.39 is 10.9 Å². The Bertz CT molecular complexity index is 546. The van der Waals surface area contributed by atoms with Crippen molar-refractivity contribution in [2.75, 3.05) is 6.61 Å². The molecular formula is C13H14N2O4. The second kappa shape index (κ2) is 6.50. The summed E-state index contributed by atoms with van der Waals surface area (Å²) in [5, 5.41) is 20.0. The van der Waals surface area contributed by atoms with Gasteiger partial charge >= 0.3 is 5.97 Å². The van der Waals surface area contributed by atoms with Crippen LogP contribution in [0.4, 0.5) is 5.69 Å². The van der Waals surface area contributed by atoms with Crippen molar-refractivity contribution in [2.24, 2.45) is 0 Å². The zero-order valence-corrected chi connectivity index (χ0v) is 10.8. The zero-order valence-electron chi connectivity index (χ0n) is 10.8. The van der Waals surface area contributed by atoms with Gasteiger partial charge in [0.15, 0.2) is 0 Å². The van der Waals surface area contributed by atoms with Crippen molar-refractivity contribution in [3.8, 4) is 6.07 Å². The third kappa shape index (κ3) is 3.28. The quantitative estimate of drug-likeness (QED) is 0.460. The van der Waals surface area contributed by atoms with E-state index in [1.165, 1.54) is 12.1 Å². The van der Waals surface area contributed by atoms with E-state index >= 15 is 0 Å². The molecule has 1 aromatic rings. The molecule has 0 amide bonds. The summed E-state index contributed by atoms with van der Waals surface area (Å²) in [5.74, 6) is -0.532. The van der Waals surface area contributed by atoms with Crippen molar-refractivity contribution in [1.29, 1.82) is 5.26 Å². The zero-order chi connectivity index (χ0) is 14.4. The molecule has 0 radical (unpaired) electrons. The van der Waals surface area contributed by atoms with Gasteiger partial charge in [0.2, 0.25) is 0 Å². The van der Waals surface area contributed by atoms with Crippen molar-refractivity contribution in [1.82, 2.24) is 0 Å². The van der Waals surface area contributed by atoms with Crippen molar-refractivity contribution in [3.63, 3.8) is 0 Å². The van der Waals surface area contributed by atoms with Gasteiger partial charge in [-0.1, -0.05) is 6.92 Å². The molecule has 0 heterocycles. The average molecular weight is 262 g/mol. The van der Waals surface area contributed by atoms with Gasteiger partial charge in [-0.3, -0.25) is 14.9 Å². The molecule has 0 aliphatic carbocycles. The maximum atomic E-state index is 11.5. The number of hydrogen-bond acceptors (Lipinski definition) is 5. The maximum absolute atomic E-state index is 11.5. The Morgan fingerprint density at radius 3 is 2.58 bits per heavy atom. The number of nitriles is 1. The fourth-order valence-corrected chi connectivity index (χ4v) is 1.91. The molecule has 19 heavy (non-hydrogen) atoms. The molecular weight excluding hydrogens is 248 g/mol. The van der Waals surface area contributed by atoms with Gasteiger partial charge in [0.05, 0.1) is 29.6 Å². The minimum atomic E-state index is -0.547. The molecule has 6 nitrogen and oxygen atoms in total. The van der Waals surface area contributed by atoms with Gasteiger partial charge in [0, 0.05) is 11.6 Å². The van der Waals surface area contributed by atoms with Gasteiger partial charge < -0.3 is 4.74 Å². The highest BCUT2D eigenvalue weighted by atomic mass is 16.6. The molecule has 0 bridgehead atoms. The van der Waals surface area contributed by atoms with E-state index in [1.54, 1.807) is 13.8 Å². The summed E-state index contributed by atoms with van der Waals surface area (Å²) in [6, 6.07) is 4.65. The molecule has 0 atom stereocenters. The number of nitrogens with zero attached hydrogens (tertiary/aromatic N) is 2. The first-order valence-corrected chi connectivity index (χ1v) is 5.89. The molecule has 0 aliphatic rings. The molecule has 0 saturated carbocycles. The molecule has 0 N–H and O–H groups in total. The maximum Gasteiger partial charge on any atom is 0.310 e. The summed E-state index contributed by atoms with van der Waals surface area (Å²) in [6.07, 6.45) is 0.252. The molecule has 0 aromatic heterocycles. The van der Waals surface area contributed by atoms with Crippen LogP contribution in [0.3, 0.4) is 0 Å². The van der Waals surface area contributed by atoms with E-state index in [9.17, 15) is 14.9 Å². The predicted octanol–water partition coefficient (Wildman–Crippen LogP) is 2.13. The van der Waals surface area contributed by atoms with Crippen molar-refractivity contribution < 1.29 is 14.5 Å². The second-order valence-electron chi connectivity index (χ2n) is 3.79. The monoisotopic (exact) mass is 262 g/mol. The summed E-state index contributed by atoms with van der Waals surface area (Å²) in [7, 11) is 0. The smallest absolute Gasteiger partial charge is 0.310 e. The van der Waals surface area contributed by atoms with Crippen LogP contribution in [0.25, 0.3) is 0 Å². The molecule has 1 rings (SSSR count). The fourth-order valence-electron chi connectivity index (χ4n) is 1.91. The first-order valence-electron chi connectivity index (χ1n) is 5.89. The highest BCUT2D eigenvalue weighted by Crippen LogP contribution is 2.26. The van der Waals surface area contributed by atoms with Crippen molar-refractivity contribution in [2.45, 2.75) is 26.7 Å². The lowest BCUT2D eigenvalue weighted by molar-refractivity contribution is -0.385. The van der Waals surface area contributed by atoms with Crippen LogP contribution in [0.15, 0.2) is 12.1 Å². The van der Waals surface area contributed by atoms with E-state index in [4.69, 9.17) is 10.00 Å². The SMILES string of the molecule is CCOC(=O)Cc1c([N+](=O)[O-])ccc(C#N)c1CC. The number of nitro groups is 1. The van der Waals surface area contributed by atoms with Gasteiger partial charge in [-0.2, -0.15) is 5.26 Å². The summed E-state index contributed by atoms with van der Waals surface area (Å²) in [4.78, 5) is 22.0. The van der Waals surface area contributed by atoms with Crippen molar-refractivity contribution in [3.05, 3.63) is 38.9 Å². The summed E-state index contributed by atoms with van der Waals surface area (Å²) >= 11 is 0. The molecule has 0 fully saturated rings. The summed E-state index contributed by atoms with van der Waals surface area (Å²) in [6.45, 7) is 3.67. The Morgan fingerprint density at radius 1 is 1.42 bits per heavy atom. The van der Waals surface area contributed by atoms with Gasteiger partial charge in [-0.05, 0) is 25.0 Å². The van der Waals surface area contributed by atoms with Crippen LogP contribution in [0.2, 0.25) is 0 Å². The van der Waals surface area contributed by atoms with Crippen LogP contribution in [0.5, 0.6) is 0 Å². The topological polar surface area (TPSA) is 93.2 Å². The van der Waals surface area contributed by atoms with Crippen molar-refractivity contribution >= 4 is 11.7 Å². The van der Waals surface area contributed by atoms with Gasteiger partial charge in [0.25, 0.3) is 5.69 Å². The lowest BCUT2D eigenvalue weighted by Crippen LogP contribution is -2.12. The lowest BCUT2D eigenvalue weighted by atomic mass is 9.95. The number of benzene rings is 1. The molecule has 100 valence electrons. The van der Waals surface area contributed by atoms with E-state index in [1.807, 2.05) is 6.07 Å². The number of ether oxygens (including phenoxy) is 1. The number of esters is 1. The van der Waals surface area contributed by atoms with E-state index in [0.717, 1.165) is 0 Å². The molecule has 0 saturated heterocycles. The Labute approximate surface area is 110 Å². The largest absolute Gasteiger partial charge is 0.466 e. The number of rotatable bonds is 5. The molecule has 1 aromatic carbocycles. The first kappa shape index (κ1) is 14.6. The molecule has 6 heteroatoms. The Morgan fingerprint density at radius 2 is 2.11 bits per heavy atom. The van der Waals surface area contributed by atoms with E-state index in [2.05, 4.69) is 0 Å². The number of nitro benzene ring substituents is 1. The molecule has 0 spiro atoms. The van der Waals surface area contributed by atoms with Crippen LogP contribution in [-0.2, 0) is 22.4 Å². The van der Waals surface area contributed by atoms with Crippen LogP contribution in [0, 0.1) is 21.4 Å². The molecule has 0 unspecified atom stereocenters. The lowest BCUT2D eigenvalue weighted by Gasteiger charge is -2.10. The second-order valence-corrected chi connectivity index (χ2v) is 3.79. The van der Waals surface area contributed by atoms with Gasteiger partial charge in [-0.15, -0.1) is 0 Å². The Hall–Kier alpha value is -2.42. The summed E-state index contributed by atoms with van der Waals surface area (Å²) in [5.41, 5.74) is 1.01. The van der Waals surface area contributed by atoms with Gasteiger partial charge in [0.1, 0.15) is 0 Å². The van der Waals surface area contributed by atoms with Crippen LogP contribution < -0.4 is 0 Å². The Balaban J connectivity index is 3.34. The minimum Gasteiger partial charge on any atom is -0.466 e. The van der Waals surface area contributed by atoms with Gasteiger partial charge in [-0.25, -0.2) is 0 Å².